The highest BCUT2D eigenvalue weighted by Crippen LogP contribution is 2.31. The van der Waals surface area contributed by atoms with Crippen LogP contribution in [0.5, 0.6) is 5.75 Å². The highest BCUT2D eigenvalue weighted by molar-refractivity contribution is 6.35. The molecule has 0 amide bonds. The SMILES string of the molecule is Clc1ccc(OCC[C@H]2CCCCN2)c2ccccc12. The number of fused-ring (bicyclic) bond motifs is 1. The first-order valence-electron chi connectivity index (χ1n) is 7.38. The molecule has 0 aromatic heterocycles. The second-order valence-electron chi connectivity index (χ2n) is 5.38. The van der Waals surface area contributed by atoms with Gasteiger partial charge < -0.3 is 10.1 Å². The molecule has 1 saturated heterocycles. The standard InChI is InChI=1S/C17H20ClNO/c18-16-8-9-17(15-7-2-1-6-14(15)16)20-12-10-13-5-3-4-11-19-13/h1-2,6-9,13,19H,3-5,10-12H2/t13-/m1/s1. The molecule has 1 atom stereocenters. The third kappa shape index (κ3) is 3.08. The molecule has 0 saturated carbocycles. The van der Waals surface area contributed by atoms with Gasteiger partial charge in [-0.3, -0.25) is 0 Å². The Morgan fingerprint density at radius 3 is 2.75 bits per heavy atom. The van der Waals surface area contributed by atoms with Crippen LogP contribution in [-0.4, -0.2) is 19.2 Å². The van der Waals surface area contributed by atoms with Crippen molar-refractivity contribution in [2.75, 3.05) is 13.2 Å². The van der Waals surface area contributed by atoms with E-state index < -0.39 is 0 Å². The molecule has 1 aliphatic rings. The average Bonchev–Trinajstić information content (AvgIpc) is 2.51. The molecule has 1 heterocycles. The maximum absolute atomic E-state index is 6.22. The van der Waals surface area contributed by atoms with E-state index in [1.54, 1.807) is 0 Å². The minimum Gasteiger partial charge on any atom is -0.493 e. The van der Waals surface area contributed by atoms with E-state index in [4.69, 9.17) is 16.3 Å². The van der Waals surface area contributed by atoms with Gasteiger partial charge in [-0.1, -0.05) is 42.3 Å². The Morgan fingerprint density at radius 1 is 1.10 bits per heavy atom. The zero-order valence-electron chi connectivity index (χ0n) is 11.6. The number of benzene rings is 2. The van der Waals surface area contributed by atoms with Crippen molar-refractivity contribution < 1.29 is 4.74 Å². The fraction of sp³-hybridized carbons (Fsp3) is 0.412. The zero-order chi connectivity index (χ0) is 13.8. The van der Waals surface area contributed by atoms with Gasteiger partial charge in [0.2, 0.25) is 0 Å². The van der Waals surface area contributed by atoms with Gasteiger partial charge in [-0.25, -0.2) is 0 Å². The van der Waals surface area contributed by atoms with E-state index in [2.05, 4.69) is 11.4 Å². The maximum atomic E-state index is 6.22. The van der Waals surface area contributed by atoms with Crippen molar-refractivity contribution in [2.45, 2.75) is 31.7 Å². The lowest BCUT2D eigenvalue weighted by molar-refractivity contribution is 0.270. The maximum Gasteiger partial charge on any atom is 0.127 e. The first-order chi connectivity index (χ1) is 9.84. The first kappa shape index (κ1) is 13.7. The highest BCUT2D eigenvalue weighted by Gasteiger charge is 2.12. The van der Waals surface area contributed by atoms with Gasteiger partial charge in [0.15, 0.2) is 0 Å². The molecule has 2 nitrogen and oxygen atoms in total. The van der Waals surface area contributed by atoms with Gasteiger partial charge in [-0.15, -0.1) is 0 Å². The highest BCUT2D eigenvalue weighted by atomic mass is 35.5. The van der Waals surface area contributed by atoms with Crippen LogP contribution in [0.1, 0.15) is 25.7 Å². The summed E-state index contributed by atoms with van der Waals surface area (Å²) in [4.78, 5) is 0. The molecule has 3 heteroatoms. The summed E-state index contributed by atoms with van der Waals surface area (Å²) >= 11 is 6.22. The summed E-state index contributed by atoms with van der Waals surface area (Å²) in [7, 11) is 0. The topological polar surface area (TPSA) is 21.3 Å². The molecule has 1 fully saturated rings. The summed E-state index contributed by atoms with van der Waals surface area (Å²) < 4.78 is 5.98. The number of hydrogen-bond donors (Lipinski definition) is 1. The van der Waals surface area contributed by atoms with Gasteiger partial charge in [-0.05, 0) is 37.9 Å². The Kier molecular flexibility index (Phi) is 4.44. The van der Waals surface area contributed by atoms with Gasteiger partial charge in [0.05, 0.1) is 6.61 Å². The largest absolute Gasteiger partial charge is 0.493 e. The molecule has 0 aliphatic carbocycles. The second kappa shape index (κ2) is 6.47. The minimum atomic E-state index is 0.613. The average molecular weight is 290 g/mol. The zero-order valence-corrected chi connectivity index (χ0v) is 12.3. The van der Waals surface area contributed by atoms with E-state index in [1.807, 2.05) is 30.3 Å². The van der Waals surface area contributed by atoms with Crippen LogP contribution in [0, 0.1) is 0 Å². The van der Waals surface area contributed by atoms with Gasteiger partial charge >= 0.3 is 0 Å². The lowest BCUT2D eigenvalue weighted by Gasteiger charge is -2.23. The summed E-state index contributed by atoms with van der Waals surface area (Å²) in [5, 5.41) is 6.48. The lowest BCUT2D eigenvalue weighted by Crippen LogP contribution is -2.35. The Hall–Kier alpha value is -1.25. The van der Waals surface area contributed by atoms with Gasteiger partial charge in [0, 0.05) is 21.8 Å². The first-order valence-corrected chi connectivity index (χ1v) is 7.76. The second-order valence-corrected chi connectivity index (χ2v) is 5.78. The van der Waals surface area contributed by atoms with Crippen molar-refractivity contribution in [2.24, 2.45) is 0 Å². The molecule has 20 heavy (non-hydrogen) atoms. The van der Waals surface area contributed by atoms with Crippen LogP contribution < -0.4 is 10.1 Å². The molecule has 0 spiro atoms. The van der Waals surface area contributed by atoms with E-state index in [9.17, 15) is 0 Å². The molecule has 1 N–H and O–H groups in total. The number of nitrogens with one attached hydrogen (secondary N) is 1. The van der Waals surface area contributed by atoms with Crippen LogP contribution in [0.15, 0.2) is 36.4 Å². The monoisotopic (exact) mass is 289 g/mol. The third-order valence-electron chi connectivity index (χ3n) is 3.97. The molecule has 1 aliphatic heterocycles. The molecule has 2 aromatic rings. The van der Waals surface area contributed by atoms with E-state index in [1.165, 1.54) is 19.3 Å². The van der Waals surface area contributed by atoms with Crippen LogP contribution in [-0.2, 0) is 0 Å². The van der Waals surface area contributed by atoms with Crippen molar-refractivity contribution in [1.82, 2.24) is 5.32 Å². The lowest BCUT2D eigenvalue weighted by atomic mass is 10.0. The van der Waals surface area contributed by atoms with E-state index in [-0.39, 0.29) is 0 Å². The van der Waals surface area contributed by atoms with Crippen LogP contribution in [0.3, 0.4) is 0 Å². The number of hydrogen-bond acceptors (Lipinski definition) is 2. The molecule has 0 radical (unpaired) electrons. The van der Waals surface area contributed by atoms with Crippen LogP contribution in [0.2, 0.25) is 5.02 Å². The van der Waals surface area contributed by atoms with Crippen molar-refractivity contribution in [1.29, 1.82) is 0 Å². The number of rotatable bonds is 4. The van der Waals surface area contributed by atoms with Crippen molar-refractivity contribution >= 4 is 22.4 Å². The molecule has 106 valence electrons. The summed E-state index contributed by atoms with van der Waals surface area (Å²) in [6.45, 7) is 1.90. The Balaban J connectivity index is 1.67. The Labute approximate surface area is 125 Å². The summed E-state index contributed by atoms with van der Waals surface area (Å²) in [6.07, 6.45) is 4.97. The van der Waals surface area contributed by atoms with Gasteiger partial charge in [0.1, 0.15) is 5.75 Å². The molecular weight excluding hydrogens is 270 g/mol. The Bertz CT molecular complexity index is 578. The van der Waals surface area contributed by atoms with E-state index in [0.29, 0.717) is 6.04 Å². The van der Waals surface area contributed by atoms with Crippen LogP contribution in [0.25, 0.3) is 10.8 Å². The predicted octanol–water partition coefficient (Wildman–Crippen LogP) is 4.40. The normalized spacial score (nSPS) is 19.1. The van der Waals surface area contributed by atoms with Crippen molar-refractivity contribution in [3.8, 4) is 5.75 Å². The Morgan fingerprint density at radius 2 is 1.95 bits per heavy atom. The smallest absolute Gasteiger partial charge is 0.127 e. The third-order valence-corrected chi connectivity index (χ3v) is 4.30. The molecule has 0 unspecified atom stereocenters. The van der Waals surface area contributed by atoms with E-state index in [0.717, 1.165) is 41.1 Å². The summed E-state index contributed by atoms with van der Waals surface area (Å²) in [5.74, 6) is 0.931. The van der Waals surface area contributed by atoms with Crippen molar-refractivity contribution in [3.63, 3.8) is 0 Å². The van der Waals surface area contributed by atoms with Gasteiger partial charge in [0.25, 0.3) is 0 Å². The van der Waals surface area contributed by atoms with E-state index >= 15 is 0 Å². The number of halogens is 1. The molecule has 3 rings (SSSR count). The summed E-state index contributed by atoms with van der Waals surface area (Å²) in [5.41, 5.74) is 0. The summed E-state index contributed by atoms with van der Waals surface area (Å²) in [6, 6.07) is 12.6. The fourth-order valence-electron chi connectivity index (χ4n) is 2.84. The molecule has 0 bridgehead atoms. The van der Waals surface area contributed by atoms with Crippen molar-refractivity contribution in [3.05, 3.63) is 41.4 Å². The predicted molar refractivity (Wildman–Crippen MR) is 84.7 cm³/mol. The minimum absolute atomic E-state index is 0.613. The number of ether oxygens (including phenoxy) is 1. The number of piperidine rings is 1. The molecular formula is C17H20ClNO. The molecule has 2 aromatic carbocycles. The van der Waals surface area contributed by atoms with Gasteiger partial charge in [-0.2, -0.15) is 0 Å². The quantitative estimate of drug-likeness (QED) is 0.900. The van der Waals surface area contributed by atoms with Crippen LogP contribution >= 0.6 is 11.6 Å². The van der Waals surface area contributed by atoms with Crippen LogP contribution in [0.4, 0.5) is 0 Å². The fourth-order valence-corrected chi connectivity index (χ4v) is 3.07.